The van der Waals surface area contributed by atoms with E-state index >= 15 is 0 Å². The maximum Gasteiger partial charge on any atom is 0.490 e. The highest BCUT2D eigenvalue weighted by atomic mass is 19.4. The molecule has 0 saturated heterocycles. The fourth-order valence-electron chi connectivity index (χ4n) is 2.19. The minimum atomic E-state index is -5.08. The number of amidine groups is 1. The smallest absolute Gasteiger partial charge is 0.475 e. The molecule has 2 aromatic rings. The Bertz CT molecular complexity index is 948. The minimum absolute atomic E-state index is 0.113. The summed E-state index contributed by atoms with van der Waals surface area (Å²) in [6, 6.07) is 14.4. The Labute approximate surface area is 179 Å². The molecule has 0 fully saturated rings. The lowest BCUT2D eigenvalue weighted by molar-refractivity contribution is -0.192. The predicted octanol–water partition coefficient (Wildman–Crippen LogP) is 2.10. The number of carbonyl (C=O) groups excluding carboxylic acids is 2. The number of carboxylic acids is 1. The summed E-state index contributed by atoms with van der Waals surface area (Å²) in [4.78, 5) is 36.6. The van der Waals surface area contributed by atoms with E-state index in [9.17, 15) is 27.2 Å². The second-order valence-electron chi connectivity index (χ2n) is 6.20. The lowest BCUT2D eigenvalue weighted by Crippen LogP contribution is -2.45. The van der Waals surface area contributed by atoms with Crippen LogP contribution in [0.5, 0.6) is 0 Å². The Morgan fingerprint density at radius 1 is 1.00 bits per heavy atom. The molecule has 0 spiro atoms. The average Bonchev–Trinajstić information content (AvgIpc) is 2.74. The van der Waals surface area contributed by atoms with Crippen molar-refractivity contribution in [1.82, 2.24) is 5.32 Å². The number of aliphatic carboxylic acids is 1. The highest BCUT2D eigenvalue weighted by molar-refractivity contribution is 5.97. The summed E-state index contributed by atoms with van der Waals surface area (Å²) in [7, 11) is 0. The molecule has 0 radical (unpaired) electrons. The van der Waals surface area contributed by atoms with E-state index in [4.69, 9.17) is 21.4 Å². The molecule has 0 aliphatic carbocycles. The molecule has 0 unspecified atom stereocenters. The third-order valence-electron chi connectivity index (χ3n) is 3.71. The van der Waals surface area contributed by atoms with Gasteiger partial charge in [-0.05, 0) is 29.8 Å². The topological polar surface area (TPSA) is 148 Å². The third kappa shape index (κ3) is 9.24. The molecule has 2 rings (SSSR count). The van der Waals surface area contributed by atoms with Crippen LogP contribution in [0.3, 0.4) is 0 Å². The standard InChI is InChI=1S/C18H19FN4O2.C2HF3O2/c19-11-16(20)22-14-8-6-12(7-9-14)10-15(17(21)24)23-18(25)13-4-2-1-3-5-13;3-2(4,5)1(6)7/h1-9,15H,10-11H2,(H2,20,22)(H2,21,24)(H,23,25);(H,6,7)/t15-;/m0./s1. The van der Waals surface area contributed by atoms with E-state index in [-0.39, 0.29) is 18.2 Å². The van der Waals surface area contributed by atoms with Crippen molar-refractivity contribution in [3.8, 4) is 0 Å². The predicted molar refractivity (Wildman–Crippen MR) is 108 cm³/mol. The first kappa shape index (κ1) is 26.1. The second kappa shape index (κ2) is 12.0. The van der Waals surface area contributed by atoms with Gasteiger partial charge >= 0.3 is 12.1 Å². The highest BCUT2D eigenvalue weighted by Gasteiger charge is 2.38. The van der Waals surface area contributed by atoms with Gasteiger partial charge in [0, 0.05) is 12.0 Å². The van der Waals surface area contributed by atoms with Gasteiger partial charge in [0.2, 0.25) is 5.91 Å². The maximum atomic E-state index is 12.3. The largest absolute Gasteiger partial charge is 0.490 e. The van der Waals surface area contributed by atoms with Crippen LogP contribution in [0.2, 0.25) is 0 Å². The van der Waals surface area contributed by atoms with Gasteiger partial charge < -0.3 is 21.9 Å². The van der Waals surface area contributed by atoms with Crippen LogP contribution >= 0.6 is 0 Å². The normalized spacial score (nSPS) is 12.2. The molecule has 172 valence electrons. The molecule has 0 bridgehead atoms. The maximum absolute atomic E-state index is 12.3. The van der Waals surface area contributed by atoms with Gasteiger partial charge in [-0.25, -0.2) is 14.2 Å². The first-order chi connectivity index (χ1) is 14.9. The van der Waals surface area contributed by atoms with Crippen molar-refractivity contribution in [3.05, 3.63) is 65.7 Å². The van der Waals surface area contributed by atoms with Gasteiger partial charge in [0.15, 0.2) is 0 Å². The molecule has 8 nitrogen and oxygen atoms in total. The Kier molecular flexibility index (Phi) is 9.80. The van der Waals surface area contributed by atoms with Crippen LogP contribution < -0.4 is 16.8 Å². The molecule has 12 heteroatoms. The summed E-state index contributed by atoms with van der Waals surface area (Å²) in [6.07, 6.45) is -4.85. The van der Waals surface area contributed by atoms with E-state index in [0.717, 1.165) is 5.56 Å². The molecular weight excluding hydrogens is 436 g/mol. The van der Waals surface area contributed by atoms with Crippen LogP contribution in [-0.2, 0) is 16.0 Å². The van der Waals surface area contributed by atoms with Crippen molar-refractivity contribution in [2.24, 2.45) is 16.5 Å². The minimum Gasteiger partial charge on any atom is -0.475 e. The summed E-state index contributed by atoms with van der Waals surface area (Å²) in [5.41, 5.74) is 12.5. The van der Waals surface area contributed by atoms with Gasteiger partial charge in [0.1, 0.15) is 18.6 Å². The molecule has 0 heterocycles. The zero-order chi connectivity index (χ0) is 24.3. The number of hydrogen-bond donors (Lipinski definition) is 4. The molecule has 2 aromatic carbocycles. The fraction of sp³-hybridized carbons (Fsp3) is 0.200. The van der Waals surface area contributed by atoms with E-state index in [2.05, 4.69) is 10.3 Å². The van der Waals surface area contributed by atoms with Crippen molar-refractivity contribution in [2.45, 2.75) is 18.6 Å². The van der Waals surface area contributed by atoms with E-state index < -0.39 is 30.8 Å². The van der Waals surface area contributed by atoms with Gasteiger partial charge in [-0.3, -0.25) is 9.59 Å². The number of nitrogens with one attached hydrogen (secondary N) is 1. The Balaban J connectivity index is 0.000000633. The molecule has 0 aliphatic rings. The number of aliphatic imine (C=N–C) groups is 1. The highest BCUT2D eigenvalue weighted by Crippen LogP contribution is 2.15. The van der Waals surface area contributed by atoms with Gasteiger partial charge in [-0.1, -0.05) is 30.3 Å². The van der Waals surface area contributed by atoms with E-state index in [1.807, 2.05) is 0 Å². The Morgan fingerprint density at radius 3 is 1.97 bits per heavy atom. The number of carbonyl (C=O) groups is 3. The fourth-order valence-corrected chi connectivity index (χ4v) is 2.19. The van der Waals surface area contributed by atoms with Crippen LogP contribution in [0, 0.1) is 0 Å². The van der Waals surface area contributed by atoms with Crippen LogP contribution in [-0.4, -0.2) is 47.6 Å². The first-order valence-corrected chi connectivity index (χ1v) is 8.87. The SMILES string of the molecule is NC(=O)[C@H](Cc1ccc(N=C(N)CF)cc1)NC(=O)c1ccccc1.O=C(O)C(F)(F)F. The molecule has 32 heavy (non-hydrogen) atoms. The Morgan fingerprint density at radius 2 is 1.53 bits per heavy atom. The summed E-state index contributed by atoms with van der Waals surface area (Å²) in [6.45, 7) is -0.822. The molecule has 2 amide bonds. The number of halogens is 4. The van der Waals surface area contributed by atoms with Crippen LogP contribution in [0.4, 0.5) is 23.2 Å². The van der Waals surface area contributed by atoms with Crippen LogP contribution in [0.15, 0.2) is 59.6 Å². The lowest BCUT2D eigenvalue weighted by atomic mass is 10.0. The lowest BCUT2D eigenvalue weighted by Gasteiger charge is -2.15. The van der Waals surface area contributed by atoms with Crippen molar-refractivity contribution in [3.63, 3.8) is 0 Å². The zero-order valence-corrected chi connectivity index (χ0v) is 16.5. The zero-order valence-electron chi connectivity index (χ0n) is 16.5. The quantitative estimate of drug-likeness (QED) is 0.286. The number of nitrogens with two attached hydrogens (primary N) is 2. The average molecular weight is 456 g/mol. The number of primary amides is 1. The van der Waals surface area contributed by atoms with Crippen LogP contribution in [0.25, 0.3) is 0 Å². The first-order valence-electron chi connectivity index (χ1n) is 8.87. The van der Waals surface area contributed by atoms with Crippen molar-refractivity contribution in [1.29, 1.82) is 0 Å². The molecule has 6 N–H and O–H groups in total. The summed E-state index contributed by atoms with van der Waals surface area (Å²) in [5, 5.41) is 9.75. The molecule has 1 atom stereocenters. The number of rotatable bonds is 7. The molecular formula is C20H20F4N4O4. The van der Waals surface area contributed by atoms with Crippen LogP contribution in [0.1, 0.15) is 15.9 Å². The van der Waals surface area contributed by atoms with E-state index in [1.54, 1.807) is 54.6 Å². The third-order valence-corrected chi connectivity index (χ3v) is 3.71. The van der Waals surface area contributed by atoms with Crippen molar-refractivity contribution >= 4 is 29.3 Å². The van der Waals surface area contributed by atoms with E-state index in [0.29, 0.717) is 11.3 Å². The number of alkyl halides is 4. The molecule has 0 aliphatic heterocycles. The Hall–Kier alpha value is -3.96. The van der Waals surface area contributed by atoms with Gasteiger partial charge in [0.05, 0.1) is 5.69 Å². The monoisotopic (exact) mass is 456 g/mol. The number of carboxylic acid groups (broad SMARTS) is 1. The van der Waals surface area contributed by atoms with E-state index in [1.165, 1.54) is 0 Å². The van der Waals surface area contributed by atoms with Crippen molar-refractivity contribution < 1.29 is 37.1 Å². The summed E-state index contributed by atoms with van der Waals surface area (Å²) >= 11 is 0. The number of benzene rings is 2. The van der Waals surface area contributed by atoms with Gasteiger partial charge in [-0.2, -0.15) is 13.2 Å². The molecule has 0 saturated carbocycles. The summed E-state index contributed by atoms with van der Waals surface area (Å²) < 4.78 is 44.1. The molecule has 0 aromatic heterocycles. The summed E-state index contributed by atoms with van der Waals surface area (Å²) in [5.74, 6) is -3.88. The van der Waals surface area contributed by atoms with Crippen molar-refractivity contribution in [2.75, 3.05) is 6.67 Å². The number of hydrogen-bond acceptors (Lipinski definition) is 4. The number of amides is 2. The second-order valence-corrected chi connectivity index (χ2v) is 6.20. The van der Waals surface area contributed by atoms with Gasteiger partial charge in [0.25, 0.3) is 5.91 Å². The number of nitrogens with zero attached hydrogens (tertiary/aromatic N) is 1. The van der Waals surface area contributed by atoms with Gasteiger partial charge in [-0.15, -0.1) is 0 Å².